The Labute approximate surface area is 235 Å². The number of thioether (sulfide) groups is 1. The van der Waals surface area contributed by atoms with Crippen molar-refractivity contribution in [1.82, 2.24) is 19.5 Å². The highest BCUT2D eigenvalue weighted by atomic mass is 35.5. The highest BCUT2D eigenvalue weighted by molar-refractivity contribution is 8.00. The first-order valence-corrected chi connectivity index (χ1v) is 16.4. The Hall–Kier alpha value is -0.850. The van der Waals surface area contributed by atoms with Gasteiger partial charge in [-0.3, -0.25) is 0 Å². The molecular weight excluding hydrogens is 500 g/mol. The van der Waals surface area contributed by atoms with E-state index in [1.54, 1.807) is 11.8 Å². The molecule has 3 heterocycles. The molecule has 0 aliphatic carbocycles. The van der Waals surface area contributed by atoms with Crippen LogP contribution < -0.4 is 0 Å². The summed E-state index contributed by atoms with van der Waals surface area (Å²) in [7, 11) is 0. The van der Waals surface area contributed by atoms with Gasteiger partial charge < -0.3 is 9.30 Å². The summed E-state index contributed by atoms with van der Waals surface area (Å²) in [4.78, 5) is 13.5. The van der Waals surface area contributed by atoms with Crippen molar-refractivity contribution in [2.24, 2.45) is 5.92 Å². The van der Waals surface area contributed by atoms with Gasteiger partial charge in [0, 0.05) is 25.0 Å². The van der Waals surface area contributed by atoms with E-state index in [1.165, 1.54) is 109 Å². The molecule has 5 nitrogen and oxygen atoms in total. The van der Waals surface area contributed by atoms with Crippen molar-refractivity contribution in [2.75, 3.05) is 13.2 Å². The van der Waals surface area contributed by atoms with E-state index < -0.39 is 0 Å². The van der Waals surface area contributed by atoms with E-state index in [0.717, 1.165) is 47.7 Å². The van der Waals surface area contributed by atoms with Gasteiger partial charge >= 0.3 is 0 Å². The zero-order chi connectivity index (χ0) is 26.3. The van der Waals surface area contributed by atoms with Crippen LogP contribution in [0.3, 0.4) is 0 Å². The SMILES string of the molecule is Cc1nc2nc(Cl)nc(SC(C)C)c2n1CCCCCCCCCCCCCCCCC1CCOCC1. The second-order valence-electron chi connectivity index (χ2n) is 11.2. The number of ether oxygens (including phenoxy) is 1. The van der Waals surface area contributed by atoms with E-state index in [4.69, 9.17) is 16.3 Å². The maximum atomic E-state index is 6.15. The predicted molar refractivity (Wildman–Crippen MR) is 159 cm³/mol. The number of hydrogen-bond donors (Lipinski definition) is 0. The molecule has 210 valence electrons. The standard InChI is InChI=1S/C30H51ClN4OS/c1-24(2)37-29-27-28(33-30(31)34-29)32-25(3)35(27)21-17-15-13-11-9-7-5-4-6-8-10-12-14-16-18-26-19-22-36-23-20-26/h24,26H,4-23H2,1-3H3. The molecule has 0 saturated carbocycles. The molecule has 2 aromatic rings. The number of imidazole rings is 1. The Morgan fingerprint density at radius 1 is 0.811 bits per heavy atom. The molecule has 3 rings (SSSR count). The Morgan fingerprint density at radius 3 is 1.92 bits per heavy atom. The molecule has 37 heavy (non-hydrogen) atoms. The molecular formula is C30H51ClN4OS. The van der Waals surface area contributed by atoms with Gasteiger partial charge in [0.2, 0.25) is 5.28 Å². The third-order valence-corrected chi connectivity index (χ3v) is 8.82. The van der Waals surface area contributed by atoms with Crippen molar-refractivity contribution in [3.63, 3.8) is 0 Å². The summed E-state index contributed by atoms with van der Waals surface area (Å²) in [5.74, 6) is 1.96. The lowest BCUT2D eigenvalue weighted by molar-refractivity contribution is 0.0631. The molecule has 1 aliphatic rings. The normalized spacial score (nSPS) is 14.8. The molecule has 0 spiro atoms. The number of aromatic nitrogens is 4. The maximum absolute atomic E-state index is 6.15. The van der Waals surface area contributed by atoms with Gasteiger partial charge in [-0.2, -0.15) is 4.98 Å². The molecule has 1 aliphatic heterocycles. The van der Waals surface area contributed by atoms with Gasteiger partial charge in [0.25, 0.3) is 0 Å². The fourth-order valence-corrected chi connectivity index (χ4v) is 6.64. The average Bonchev–Trinajstić information content (AvgIpc) is 3.18. The summed E-state index contributed by atoms with van der Waals surface area (Å²) in [5, 5.41) is 1.68. The van der Waals surface area contributed by atoms with Crippen LogP contribution in [0.4, 0.5) is 0 Å². The number of halogens is 1. The van der Waals surface area contributed by atoms with Crippen LogP contribution in [0.1, 0.15) is 129 Å². The van der Waals surface area contributed by atoms with Crippen molar-refractivity contribution in [2.45, 2.75) is 147 Å². The number of hydrogen-bond acceptors (Lipinski definition) is 5. The van der Waals surface area contributed by atoms with E-state index in [2.05, 4.69) is 40.3 Å². The van der Waals surface area contributed by atoms with E-state index in [0.29, 0.717) is 5.25 Å². The minimum absolute atomic E-state index is 0.289. The van der Waals surface area contributed by atoms with Gasteiger partial charge in [-0.1, -0.05) is 104 Å². The Bertz CT molecular complexity index is 897. The number of rotatable bonds is 19. The lowest BCUT2D eigenvalue weighted by Crippen LogP contribution is -2.15. The summed E-state index contributed by atoms with van der Waals surface area (Å²) in [6, 6.07) is 0. The van der Waals surface area contributed by atoms with Crippen molar-refractivity contribution in [3.8, 4) is 0 Å². The maximum Gasteiger partial charge on any atom is 0.225 e. The smallest absolute Gasteiger partial charge is 0.225 e. The van der Waals surface area contributed by atoms with Crippen LogP contribution in [0, 0.1) is 12.8 Å². The fourth-order valence-electron chi connectivity index (χ4n) is 5.53. The Balaban J connectivity index is 1.16. The average molecular weight is 551 g/mol. The van der Waals surface area contributed by atoms with Gasteiger partial charge in [0.15, 0.2) is 5.65 Å². The summed E-state index contributed by atoms with van der Waals surface area (Å²) >= 11 is 7.89. The third kappa shape index (κ3) is 11.4. The number of nitrogens with zero attached hydrogens (tertiary/aromatic N) is 4. The van der Waals surface area contributed by atoms with E-state index in [9.17, 15) is 0 Å². The summed E-state index contributed by atoms with van der Waals surface area (Å²) in [6.07, 6.45) is 23.5. The molecule has 0 radical (unpaired) electrons. The summed E-state index contributed by atoms with van der Waals surface area (Å²) < 4.78 is 7.76. The molecule has 0 atom stereocenters. The van der Waals surface area contributed by atoms with E-state index in [-0.39, 0.29) is 5.28 Å². The lowest BCUT2D eigenvalue weighted by Gasteiger charge is -2.21. The van der Waals surface area contributed by atoms with Crippen LogP contribution in [-0.2, 0) is 11.3 Å². The minimum atomic E-state index is 0.289. The molecule has 0 aromatic carbocycles. The summed E-state index contributed by atoms with van der Waals surface area (Å²) in [5.41, 5.74) is 1.78. The van der Waals surface area contributed by atoms with Crippen LogP contribution >= 0.6 is 23.4 Å². The van der Waals surface area contributed by atoms with Gasteiger partial charge in [-0.15, -0.1) is 11.8 Å². The Morgan fingerprint density at radius 2 is 1.35 bits per heavy atom. The summed E-state index contributed by atoms with van der Waals surface area (Å²) in [6.45, 7) is 9.40. The predicted octanol–water partition coefficient (Wildman–Crippen LogP) is 9.57. The molecule has 0 amide bonds. The van der Waals surface area contributed by atoms with E-state index >= 15 is 0 Å². The van der Waals surface area contributed by atoms with Crippen molar-refractivity contribution < 1.29 is 4.74 Å². The van der Waals surface area contributed by atoms with Crippen LogP contribution in [0.2, 0.25) is 5.28 Å². The molecule has 0 bridgehead atoms. The van der Waals surface area contributed by atoms with Crippen LogP contribution in [0.25, 0.3) is 11.2 Å². The van der Waals surface area contributed by atoms with Crippen molar-refractivity contribution >= 4 is 34.5 Å². The number of unbranched alkanes of at least 4 members (excludes halogenated alkanes) is 13. The molecule has 1 fully saturated rings. The Kier molecular flexibility index (Phi) is 14.7. The molecule has 2 aromatic heterocycles. The molecule has 1 saturated heterocycles. The fraction of sp³-hybridized carbons (Fsp3) is 0.833. The van der Waals surface area contributed by atoms with E-state index in [1.807, 2.05) is 0 Å². The lowest BCUT2D eigenvalue weighted by atomic mass is 9.93. The topological polar surface area (TPSA) is 52.8 Å². The van der Waals surface area contributed by atoms with Crippen molar-refractivity contribution in [3.05, 3.63) is 11.1 Å². The zero-order valence-electron chi connectivity index (χ0n) is 23.8. The molecule has 7 heteroatoms. The zero-order valence-corrected chi connectivity index (χ0v) is 25.4. The van der Waals surface area contributed by atoms with Crippen LogP contribution in [0.15, 0.2) is 5.03 Å². The second-order valence-corrected chi connectivity index (χ2v) is 13.1. The van der Waals surface area contributed by atoms with Crippen molar-refractivity contribution in [1.29, 1.82) is 0 Å². The monoisotopic (exact) mass is 550 g/mol. The number of aryl methyl sites for hydroxylation is 2. The minimum Gasteiger partial charge on any atom is -0.381 e. The molecule has 0 N–H and O–H groups in total. The second kappa shape index (κ2) is 17.7. The highest BCUT2D eigenvalue weighted by Crippen LogP contribution is 2.30. The first-order valence-electron chi connectivity index (χ1n) is 15.2. The van der Waals surface area contributed by atoms with Crippen LogP contribution in [-0.4, -0.2) is 38.0 Å². The van der Waals surface area contributed by atoms with Gasteiger partial charge in [0.1, 0.15) is 16.4 Å². The third-order valence-electron chi connectivity index (χ3n) is 7.67. The first kappa shape index (κ1) is 30.7. The van der Waals surface area contributed by atoms with Gasteiger partial charge in [0.05, 0.1) is 0 Å². The quantitative estimate of drug-likeness (QED) is 0.0754. The first-order chi connectivity index (χ1) is 18.0. The number of fused-ring (bicyclic) bond motifs is 1. The van der Waals surface area contributed by atoms with Gasteiger partial charge in [-0.25, -0.2) is 9.97 Å². The molecule has 0 unspecified atom stereocenters. The largest absolute Gasteiger partial charge is 0.381 e. The van der Waals surface area contributed by atoms with Crippen LogP contribution in [0.5, 0.6) is 0 Å². The van der Waals surface area contributed by atoms with Gasteiger partial charge in [-0.05, 0) is 43.7 Å². The highest BCUT2D eigenvalue weighted by Gasteiger charge is 2.17.